The zero-order valence-corrected chi connectivity index (χ0v) is 17.4. The zero-order chi connectivity index (χ0) is 21.4. The maximum absolute atomic E-state index is 14.7. The standard InChI is InChI=1S/C25H20NO4P/c27-18-15-13-17(14-16-18)26-25(21-9-1-4-10-22(21)28)31(29)24-12-6-3-8-20(24)19-7-2-5-11-23(19)30-31/h1-16,25-28H. The summed E-state index contributed by atoms with van der Waals surface area (Å²) >= 11 is 0. The number of aromatic hydroxyl groups is 2. The fourth-order valence-corrected chi connectivity index (χ4v) is 6.57. The highest BCUT2D eigenvalue weighted by Crippen LogP contribution is 2.64. The second-order valence-electron chi connectivity index (χ2n) is 7.35. The smallest absolute Gasteiger partial charge is 0.304 e. The van der Waals surface area contributed by atoms with Gasteiger partial charge in [0.2, 0.25) is 0 Å². The molecule has 0 bridgehead atoms. The Balaban J connectivity index is 1.71. The number of hydrogen-bond donors (Lipinski definition) is 3. The Morgan fingerprint density at radius 1 is 0.742 bits per heavy atom. The summed E-state index contributed by atoms with van der Waals surface area (Å²) in [4.78, 5) is 0. The number of phenols is 2. The van der Waals surface area contributed by atoms with Gasteiger partial charge in [0.1, 0.15) is 23.0 Å². The van der Waals surface area contributed by atoms with Crippen LogP contribution in [0.3, 0.4) is 0 Å². The highest BCUT2D eigenvalue weighted by atomic mass is 31.2. The van der Waals surface area contributed by atoms with Crippen molar-refractivity contribution < 1.29 is 19.3 Å². The lowest BCUT2D eigenvalue weighted by atomic mass is 10.0. The molecule has 31 heavy (non-hydrogen) atoms. The van der Waals surface area contributed by atoms with Gasteiger partial charge in [-0.1, -0.05) is 54.6 Å². The third-order valence-electron chi connectivity index (χ3n) is 5.39. The number of hydrogen-bond acceptors (Lipinski definition) is 5. The number of anilines is 1. The SMILES string of the molecule is O=P1(C(Nc2ccc(O)cc2)c2ccccc2O)Oc2ccccc2-c2ccccc21. The van der Waals surface area contributed by atoms with E-state index in [4.69, 9.17) is 4.52 Å². The molecule has 0 radical (unpaired) electrons. The molecule has 0 aliphatic carbocycles. The van der Waals surface area contributed by atoms with Crippen LogP contribution >= 0.6 is 7.37 Å². The first-order chi connectivity index (χ1) is 15.1. The summed E-state index contributed by atoms with van der Waals surface area (Å²) in [7, 11) is -3.61. The number of phenolic OH excluding ortho intramolecular Hbond substituents is 2. The first-order valence-electron chi connectivity index (χ1n) is 9.88. The Morgan fingerprint density at radius 2 is 1.39 bits per heavy atom. The van der Waals surface area contributed by atoms with Gasteiger partial charge >= 0.3 is 7.37 Å². The van der Waals surface area contributed by atoms with E-state index >= 15 is 0 Å². The van der Waals surface area contributed by atoms with Crippen molar-refractivity contribution in [3.63, 3.8) is 0 Å². The van der Waals surface area contributed by atoms with E-state index < -0.39 is 13.2 Å². The monoisotopic (exact) mass is 429 g/mol. The molecular weight excluding hydrogens is 409 g/mol. The normalized spacial score (nSPS) is 17.7. The summed E-state index contributed by atoms with van der Waals surface area (Å²) in [6.45, 7) is 0. The molecule has 1 aliphatic heterocycles. The Hall–Kier alpha value is -3.69. The molecular formula is C25H20NO4P. The highest BCUT2D eigenvalue weighted by molar-refractivity contribution is 7.68. The van der Waals surface area contributed by atoms with Crippen LogP contribution in [0.2, 0.25) is 0 Å². The van der Waals surface area contributed by atoms with Crippen molar-refractivity contribution in [3.05, 3.63) is 103 Å². The first-order valence-corrected chi connectivity index (χ1v) is 11.6. The Bertz CT molecular complexity index is 1300. The van der Waals surface area contributed by atoms with E-state index in [0.29, 0.717) is 22.3 Å². The molecule has 0 saturated heterocycles. The molecule has 6 heteroatoms. The molecule has 3 N–H and O–H groups in total. The van der Waals surface area contributed by atoms with Crippen LogP contribution in [-0.4, -0.2) is 10.2 Å². The molecule has 1 aliphatic rings. The first kappa shape index (κ1) is 19.3. The average molecular weight is 429 g/mol. The van der Waals surface area contributed by atoms with Crippen LogP contribution in [0.1, 0.15) is 11.3 Å². The van der Waals surface area contributed by atoms with Crippen LogP contribution in [0, 0.1) is 0 Å². The quantitative estimate of drug-likeness (QED) is 0.279. The molecule has 5 rings (SSSR count). The maximum Gasteiger partial charge on any atom is 0.304 e. The lowest BCUT2D eigenvalue weighted by molar-refractivity contribution is 0.458. The van der Waals surface area contributed by atoms with Gasteiger partial charge in [0.25, 0.3) is 0 Å². The topological polar surface area (TPSA) is 78.8 Å². The molecule has 5 nitrogen and oxygen atoms in total. The molecule has 0 spiro atoms. The van der Waals surface area contributed by atoms with Gasteiger partial charge in [-0.25, -0.2) is 0 Å². The number of fused-ring (bicyclic) bond motifs is 3. The van der Waals surface area contributed by atoms with Crippen LogP contribution in [-0.2, 0) is 4.57 Å². The van der Waals surface area contributed by atoms with Crippen molar-refractivity contribution in [2.45, 2.75) is 5.78 Å². The van der Waals surface area contributed by atoms with Crippen molar-refractivity contribution in [3.8, 4) is 28.4 Å². The molecule has 154 valence electrons. The Morgan fingerprint density at radius 3 is 2.16 bits per heavy atom. The molecule has 0 saturated carbocycles. The third-order valence-corrected chi connectivity index (χ3v) is 8.01. The molecule has 0 fully saturated rings. The lowest BCUT2D eigenvalue weighted by Crippen LogP contribution is -2.26. The molecule has 4 aromatic carbocycles. The molecule has 4 aromatic rings. The number of para-hydroxylation sites is 2. The Labute approximate surface area is 180 Å². The van der Waals surface area contributed by atoms with Gasteiger partial charge < -0.3 is 20.1 Å². The van der Waals surface area contributed by atoms with Crippen LogP contribution in [0.25, 0.3) is 11.1 Å². The second-order valence-corrected chi connectivity index (χ2v) is 9.73. The van der Waals surface area contributed by atoms with Gasteiger partial charge in [-0.15, -0.1) is 0 Å². The fraction of sp³-hybridized carbons (Fsp3) is 0.0400. The summed E-state index contributed by atoms with van der Waals surface area (Å²) in [6.07, 6.45) is 0. The molecule has 2 unspecified atom stereocenters. The Kier molecular flexibility index (Phi) is 4.68. The van der Waals surface area contributed by atoms with Crippen molar-refractivity contribution in [1.82, 2.24) is 0 Å². The zero-order valence-electron chi connectivity index (χ0n) is 16.5. The average Bonchev–Trinajstić information content (AvgIpc) is 2.79. The van der Waals surface area contributed by atoms with E-state index in [1.807, 2.05) is 42.5 Å². The minimum Gasteiger partial charge on any atom is -0.508 e. The molecule has 0 amide bonds. The van der Waals surface area contributed by atoms with Crippen LogP contribution in [0.5, 0.6) is 17.2 Å². The lowest BCUT2D eigenvalue weighted by Gasteiger charge is -2.35. The van der Waals surface area contributed by atoms with Crippen molar-refractivity contribution in [2.75, 3.05) is 5.32 Å². The van der Waals surface area contributed by atoms with Crippen molar-refractivity contribution in [2.24, 2.45) is 0 Å². The van der Waals surface area contributed by atoms with Crippen LogP contribution < -0.4 is 15.1 Å². The van der Waals surface area contributed by atoms with E-state index in [0.717, 1.165) is 11.1 Å². The number of rotatable bonds is 4. The minimum atomic E-state index is -3.61. The summed E-state index contributed by atoms with van der Waals surface area (Å²) in [5.74, 6) is -0.163. The molecule has 0 aromatic heterocycles. The largest absolute Gasteiger partial charge is 0.508 e. The minimum absolute atomic E-state index is 0.0222. The molecule has 2 atom stereocenters. The summed E-state index contributed by atoms with van der Waals surface area (Å²) in [5.41, 5.74) is 2.83. The van der Waals surface area contributed by atoms with Gasteiger partial charge in [-0.3, -0.25) is 4.57 Å². The second kappa shape index (κ2) is 7.53. The van der Waals surface area contributed by atoms with Crippen molar-refractivity contribution in [1.29, 1.82) is 0 Å². The summed E-state index contributed by atoms with van der Waals surface area (Å²) in [5, 5.41) is 24.2. The van der Waals surface area contributed by atoms with Gasteiger partial charge in [-0.2, -0.15) is 0 Å². The van der Waals surface area contributed by atoms with E-state index in [2.05, 4.69) is 5.32 Å². The van der Waals surface area contributed by atoms with Crippen molar-refractivity contribution >= 4 is 18.4 Å². The van der Waals surface area contributed by atoms with E-state index in [-0.39, 0.29) is 11.5 Å². The van der Waals surface area contributed by atoms with Gasteiger partial charge in [0.15, 0.2) is 0 Å². The molecule has 1 heterocycles. The number of nitrogens with one attached hydrogen (secondary N) is 1. The predicted molar refractivity (Wildman–Crippen MR) is 122 cm³/mol. The summed E-state index contributed by atoms with van der Waals surface area (Å²) < 4.78 is 20.9. The summed E-state index contributed by atoms with van der Waals surface area (Å²) in [6, 6.07) is 28.3. The number of benzene rings is 4. The fourth-order valence-electron chi connectivity index (χ4n) is 3.91. The van der Waals surface area contributed by atoms with Crippen LogP contribution in [0.4, 0.5) is 5.69 Å². The van der Waals surface area contributed by atoms with Gasteiger partial charge in [0.05, 0.1) is 5.30 Å². The van der Waals surface area contributed by atoms with E-state index in [1.54, 1.807) is 54.6 Å². The van der Waals surface area contributed by atoms with Crippen LogP contribution in [0.15, 0.2) is 97.1 Å². The predicted octanol–water partition coefficient (Wildman–Crippen LogP) is 5.87. The van der Waals surface area contributed by atoms with E-state index in [9.17, 15) is 14.8 Å². The highest BCUT2D eigenvalue weighted by Gasteiger charge is 2.44. The third kappa shape index (κ3) is 3.33. The van der Waals surface area contributed by atoms with Gasteiger partial charge in [0, 0.05) is 16.8 Å². The van der Waals surface area contributed by atoms with Gasteiger partial charge in [-0.05, 0) is 48.0 Å². The van der Waals surface area contributed by atoms with E-state index in [1.165, 1.54) is 0 Å². The maximum atomic E-state index is 14.7.